The zero-order valence-corrected chi connectivity index (χ0v) is 66.7. The van der Waals surface area contributed by atoms with Crippen molar-refractivity contribution in [3.63, 3.8) is 0 Å². The minimum Gasteiger partial charge on any atom is -0.462 e. The summed E-state index contributed by atoms with van der Waals surface area (Å²) in [5.41, 5.74) is 0. The van der Waals surface area contributed by atoms with E-state index in [0.29, 0.717) is 25.7 Å². The maximum absolute atomic E-state index is 13.1. The standard InChI is InChI=1S/C85H142O17P2/c1-5-9-13-17-21-25-29-32-35-38-39-42-44-47-51-54-58-62-66-70-82(87)95-75-80(101-84(89)71-67-63-59-55-49-28-24-20-16-12-8-4)77-99-103(91,92)97-73-79(86)74-98-104(93,94)100-78-81(102-85(90)72-68-64-60-56-52-48-45-41-37-34-31-27-23-19-15-11-7-3)76-96-83(88)69-65-61-57-53-50-46-43-40-36-33-30-26-22-18-14-10-6-2/h9-11,13-15,20-27,32-37,39,42-43,46,79-81,86H,5-8,12,16-19,28-31,38,40-41,44-45,47-78H2,1-4H3,(H,91,92)(H,93,94)/b13-9-,14-10-,15-11-,24-20-,25-21-,26-22-,27-23-,35-32-,36-33-,37-34-,42-39-,46-43-. The van der Waals surface area contributed by atoms with Gasteiger partial charge in [-0.25, -0.2) is 9.13 Å². The summed E-state index contributed by atoms with van der Waals surface area (Å²) in [4.78, 5) is 73.0. The van der Waals surface area contributed by atoms with Crippen LogP contribution in [0.3, 0.4) is 0 Å². The predicted octanol–water partition coefficient (Wildman–Crippen LogP) is 23.4. The van der Waals surface area contributed by atoms with Crippen molar-refractivity contribution in [3.8, 4) is 0 Å². The van der Waals surface area contributed by atoms with E-state index in [2.05, 4.69) is 174 Å². The lowest BCUT2D eigenvalue weighted by molar-refractivity contribution is -0.161. The van der Waals surface area contributed by atoms with Gasteiger partial charge < -0.3 is 33.8 Å². The van der Waals surface area contributed by atoms with Crippen molar-refractivity contribution in [1.29, 1.82) is 0 Å². The topological polar surface area (TPSA) is 237 Å². The second-order valence-electron chi connectivity index (χ2n) is 26.2. The Kier molecular flexibility index (Phi) is 72.4. The molecule has 0 spiro atoms. The molecule has 19 heteroatoms. The van der Waals surface area contributed by atoms with Crippen LogP contribution in [0.4, 0.5) is 0 Å². The first-order valence-electron chi connectivity index (χ1n) is 40.1. The lowest BCUT2D eigenvalue weighted by atomic mass is 10.1. The summed E-state index contributed by atoms with van der Waals surface area (Å²) in [6, 6.07) is 0. The average molecular weight is 1500 g/mol. The van der Waals surface area contributed by atoms with Crippen LogP contribution in [0.25, 0.3) is 0 Å². The van der Waals surface area contributed by atoms with Crippen molar-refractivity contribution in [1.82, 2.24) is 0 Å². The van der Waals surface area contributed by atoms with Gasteiger partial charge in [0, 0.05) is 25.7 Å². The highest BCUT2D eigenvalue weighted by atomic mass is 31.2. The molecule has 0 heterocycles. The molecule has 0 aliphatic rings. The second kappa shape index (κ2) is 76.1. The number of phosphoric ester groups is 2. The lowest BCUT2D eigenvalue weighted by Gasteiger charge is -2.21. The average Bonchev–Trinajstić information content (AvgIpc) is 0.931. The van der Waals surface area contributed by atoms with Gasteiger partial charge in [-0.1, -0.05) is 276 Å². The van der Waals surface area contributed by atoms with Crippen LogP contribution < -0.4 is 0 Å². The summed E-state index contributed by atoms with van der Waals surface area (Å²) in [6.45, 7) is 4.44. The molecule has 17 nitrogen and oxygen atoms in total. The first-order valence-corrected chi connectivity index (χ1v) is 43.1. The van der Waals surface area contributed by atoms with E-state index in [4.69, 9.17) is 37.0 Å². The number of hydrogen-bond acceptors (Lipinski definition) is 15. The molecule has 5 unspecified atom stereocenters. The highest BCUT2D eigenvalue weighted by Crippen LogP contribution is 2.45. The molecule has 0 aromatic heterocycles. The number of carbonyl (C=O) groups excluding carboxylic acids is 4. The normalized spacial score (nSPS) is 14.6. The third-order valence-electron chi connectivity index (χ3n) is 16.3. The number of aliphatic hydroxyl groups is 1. The molecule has 0 fully saturated rings. The zero-order chi connectivity index (χ0) is 76.0. The number of aliphatic hydroxyl groups excluding tert-OH is 1. The quantitative estimate of drug-likeness (QED) is 0.0169. The summed E-state index contributed by atoms with van der Waals surface area (Å²) in [7, 11) is -9.98. The second-order valence-corrected chi connectivity index (χ2v) is 29.1. The molecule has 0 radical (unpaired) electrons. The van der Waals surface area contributed by atoms with Crippen LogP contribution in [-0.2, 0) is 65.4 Å². The van der Waals surface area contributed by atoms with Crippen LogP contribution in [0, 0.1) is 0 Å². The minimum absolute atomic E-state index is 0.0740. The molecule has 5 atom stereocenters. The minimum atomic E-state index is -4.99. The number of unbranched alkanes of at least 4 members (excludes halogenated alkanes) is 24. The molecular formula is C85H142O17P2. The number of esters is 4. The van der Waals surface area contributed by atoms with Gasteiger partial charge in [-0.15, -0.1) is 0 Å². The Morgan fingerprint density at radius 2 is 0.500 bits per heavy atom. The highest BCUT2D eigenvalue weighted by Gasteiger charge is 2.30. The van der Waals surface area contributed by atoms with Gasteiger partial charge in [-0.05, 0) is 154 Å². The summed E-state index contributed by atoms with van der Waals surface area (Å²) in [5.74, 6) is -2.24. The molecule has 3 N–H and O–H groups in total. The van der Waals surface area contributed by atoms with E-state index in [9.17, 15) is 43.2 Å². The maximum Gasteiger partial charge on any atom is 0.472 e. The number of allylic oxidation sites excluding steroid dienone is 24. The van der Waals surface area contributed by atoms with Crippen LogP contribution in [0.15, 0.2) is 146 Å². The number of hydrogen-bond donors (Lipinski definition) is 3. The van der Waals surface area contributed by atoms with E-state index >= 15 is 0 Å². The maximum atomic E-state index is 13.1. The van der Waals surface area contributed by atoms with Gasteiger partial charge in [0.15, 0.2) is 12.2 Å². The molecule has 0 aliphatic carbocycles. The SMILES string of the molecule is CC/C=C\C/C=C\C/C=C\C/C=C\CCCCCCCCC(=O)OCC(COP(=O)(O)OCC(O)COP(=O)(O)OCC(COC(=O)CCCCCC/C=C\C/C=C\C/C=C\C/C=C\CC)OC(=O)CCCCCCCCC/C=C\C/C=C\C/C=C\CC)OC(=O)CCCCCCC/C=C\CCCC. The van der Waals surface area contributed by atoms with Crippen LogP contribution in [0.2, 0.25) is 0 Å². The van der Waals surface area contributed by atoms with E-state index in [1.54, 1.807) is 0 Å². The van der Waals surface area contributed by atoms with Crippen molar-refractivity contribution in [2.75, 3.05) is 39.6 Å². The molecule has 0 aliphatic heterocycles. The first-order chi connectivity index (χ1) is 50.7. The zero-order valence-electron chi connectivity index (χ0n) is 64.9. The molecule has 0 bridgehead atoms. The van der Waals surface area contributed by atoms with Crippen molar-refractivity contribution < 1.29 is 80.2 Å². The van der Waals surface area contributed by atoms with E-state index < -0.39 is 97.5 Å². The third kappa shape index (κ3) is 75.2. The molecule has 0 aromatic rings. The summed E-state index contributed by atoms with van der Waals surface area (Å²) in [5, 5.41) is 10.6. The number of ether oxygens (including phenoxy) is 4. The fourth-order valence-electron chi connectivity index (χ4n) is 10.3. The van der Waals surface area contributed by atoms with Gasteiger partial charge >= 0.3 is 39.5 Å². The number of rotatable bonds is 74. The first kappa shape index (κ1) is 98.9. The van der Waals surface area contributed by atoms with Gasteiger partial charge in [0.05, 0.1) is 26.4 Å². The Balaban J connectivity index is 5.37. The summed E-state index contributed by atoms with van der Waals surface area (Å²) >= 11 is 0. The van der Waals surface area contributed by atoms with Gasteiger partial charge in [-0.3, -0.25) is 37.3 Å². The van der Waals surface area contributed by atoms with Crippen LogP contribution in [-0.4, -0.2) is 96.7 Å². The van der Waals surface area contributed by atoms with Gasteiger partial charge in [0.25, 0.3) is 0 Å². The van der Waals surface area contributed by atoms with E-state index in [-0.39, 0.29) is 25.7 Å². The molecule has 104 heavy (non-hydrogen) atoms. The molecule has 594 valence electrons. The fourth-order valence-corrected chi connectivity index (χ4v) is 11.8. The predicted molar refractivity (Wildman–Crippen MR) is 427 cm³/mol. The fraction of sp³-hybridized carbons (Fsp3) is 0.671. The van der Waals surface area contributed by atoms with Crippen molar-refractivity contribution in [2.45, 2.75) is 329 Å². The Morgan fingerprint density at radius 1 is 0.279 bits per heavy atom. The summed E-state index contributed by atoms with van der Waals surface area (Å²) in [6.07, 6.45) is 86.8. The van der Waals surface area contributed by atoms with Crippen LogP contribution in [0.5, 0.6) is 0 Å². The lowest BCUT2D eigenvalue weighted by Crippen LogP contribution is -2.30. The van der Waals surface area contributed by atoms with Crippen LogP contribution >= 0.6 is 15.6 Å². The molecule has 0 saturated heterocycles. The van der Waals surface area contributed by atoms with E-state index in [0.717, 1.165) is 218 Å². The highest BCUT2D eigenvalue weighted by molar-refractivity contribution is 7.47. The Bertz CT molecular complexity index is 2540. The summed E-state index contributed by atoms with van der Waals surface area (Å²) < 4.78 is 68.6. The smallest absolute Gasteiger partial charge is 0.462 e. The van der Waals surface area contributed by atoms with Gasteiger partial charge in [-0.2, -0.15) is 0 Å². The van der Waals surface area contributed by atoms with E-state index in [1.807, 2.05) is 0 Å². The molecule has 0 saturated carbocycles. The third-order valence-corrected chi connectivity index (χ3v) is 18.2. The van der Waals surface area contributed by atoms with Crippen molar-refractivity contribution in [3.05, 3.63) is 146 Å². The molecule has 0 aromatic carbocycles. The van der Waals surface area contributed by atoms with Gasteiger partial charge in [0.1, 0.15) is 19.3 Å². The molecular weight excluding hydrogens is 1350 g/mol. The van der Waals surface area contributed by atoms with Crippen molar-refractivity contribution in [2.24, 2.45) is 0 Å². The molecule has 0 rings (SSSR count). The largest absolute Gasteiger partial charge is 0.472 e. The number of carbonyl (C=O) groups is 4. The monoisotopic (exact) mass is 1500 g/mol. The Labute approximate surface area is 630 Å². The van der Waals surface area contributed by atoms with E-state index in [1.165, 1.54) is 12.8 Å². The van der Waals surface area contributed by atoms with Gasteiger partial charge in [0.2, 0.25) is 0 Å². The van der Waals surface area contributed by atoms with Crippen molar-refractivity contribution >= 4 is 39.5 Å². The Morgan fingerprint density at radius 3 is 0.779 bits per heavy atom. The number of phosphoric acid groups is 2. The Hall–Kier alpha value is -5.06. The van der Waals surface area contributed by atoms with Crippen LogP contribution in [0.1, 0.15) is 310 Å². The molecule has 0 amide bonds.